The fraction of sp³-hybridized carbons (Fsp3) is 0.250. The van der Waals surface area contributed by atoms with Gasteiger partial charge in [0.2, 0.25) is 5.91 Å². The van der Waals surface area contributed by atoms with Crippen LogP contribution < -0.4 is 5.32 Å². The third-order valence-electron chi connectivity index (χ3n) is 3.50. The lowest BCUT2D eigenvalue weighted by molar-refractivity contribution is -0.113. The van der Waals surface area contributed by atoms with Gasteiger partial charge in [-0.05, 0) is 31.4 Å². The monoisotopic (exact) mass is 373 g/mol. The summed E-state index contributed by atoms with van der Waals surface area (Å²) in [5, 5.41) is 23.2. The first-order valence-electron chi connectivity index (χ1n) is 7.52. The number of carbonyl (C=O) groups excluding carboxylic acids is 1. The van der Waals surface area contributed by atoms with Crippen LogP contribution in [0.5, 0.6) is 0 Å². The second-order valence-corrected chi connectivity index (χ2v) is 6.91. The maximum Gasteiger partial charge on any atom is 0.235 e. The molecule has 3 aromatic rings. The second-order valence-electron chi connectivity index (χ2n) is 5.05. The summed E-state index contributed by atoms with van der Waals surface area (Å²) in [4.78, 5) is 12.1. The number of furan rings is 1. The topological polar surface area (TPSA) is 96.7 Å². The molecule has 1 N–H and O–H groups in total. The average molecular weight is 373 g/mol. The zero-order valence-corrected chi connectivity index (χ0v) is 15.3. The van der Waals surface area contributed by atoms with Gasteiger partial charge in [-0.2, -0.15) is 5.26 Å². The zero-order chi connectivity index (χ0) is 17.8. The van der Waals surface area contributed by atoms with Crippen LogP contribution in [0.1, 0.15) is 18.2 Å². The molecule has 0 saturated heterocycles. The molecule has 25 heavy (non-hydrogen) atoms. The maximum absolute atomic E-state index is 12.1. The highest BCUT2D eigenvalue weighted by Gasteiger charge is 2.17. The molecule has 0 saturated carbocycles. The molecule has 7 nitrogen and oxygen atoms in total. The Morgan fingerprint density at radius 1 is 1.48 bits per heavy atom. The van der Waals surface area contributed by atoms with Crippen molar-refractivity contribution in [3.63, 3.8) is 0 Å². The normalized spacial score (nSPS) is 10.6. The van der Waals surface area contributed by atoms with Crippen molar-refractivity contribution in [2.45, 2.75) is 25.5 Å². The predicted octanol–water partition coefficient (Wildman–Crippen LogP) is 3.53. The highest BCUT2D eigenvalue weighted by Crippen LogP contribution is 2.27. The summed E-state index contributed by atoms with van der Waals surface area (Å²) in [5.74, 6) is 1.50. The van der Waals surface area contributed by atoms with Gasteiger partial charge < -0.3 is 14.3 Å². The molecule has 0 aliphatic rings. The molecule has 0 bridgehead atoms. The fourth-order valence-electron chi connectivity index (χ4n) is 2.28. The van der Waals surface area contributed by atoms with Crippen molar-refractivity contribution in [2.24, 2.45) is 0 Å². The minimum absolute atomic E-state index is 0.185. The SMILES string of the molecule is CCn1c(SCC(=O)Nc2sccc2C#N)nnc1-c1ccoc1C. The van der Waals surface area contributed by atoms with Gasteiger partial charge in [0.15, 0.2) is 11.0 Å². The van der Waals surface area contributed by atoms with E-state index in [2.05, 4.69) is 21.6 Å². The molecule has 0 unspecified atom stereocenters. The van der Waals surface area contributed by atoms with Crippen LogP contribution in [-0.4, -0.2) is 26.4 Å². The summed E-state index contributed by atoms with van der Waals surface area (Å²) >= 11 is 2.64. The van der Waals surface area contributed by atoms with Crippen LogP contribution in [-0.2, 0) is 11.3 Å². The van der Waals surface area contributed by atoms with Crippen molar-refractivity contribution >= 4 is 34.0 Å². The van der Waals surface area contributed by atoms with Gasteiger partial charge in [-0.3, -0.25) is 4.79 Å². The van der Waals surface area contributed by atoms with Crippen LogP contribution in [0.4, 0.5) is 5.00 Å². The maximum atomic E-state index is 12.1. The highest BCUT2D eigenvalue weighted by atomic mass is 32.2. The number of aromatic nitrogens is 3. The number of hydrogen-bond acceptors (Lipinski definition) is 7. The van der Waals surface area contributed by atoms with Crippen molar-refractivity contribution in [1.29, 1.82) is 5.26 Å². The molecule has 3 rings (SSSR count). The number of nitrogens with zero attached hydrogens (tertiary/aromatic N) is 4. The number of anilines is 1. The van der Waals surface area contributed by atoms with Crippen LogP contribution in [0, 0.1) is 18.3 Å². The molecular formula is C16H15N5O2S2. The van der Waals surface area contributed by atoms with E-state index in [9.17, 15) is 4.79 Å². The molecule has 3 heterocycles. The van der Waals surface area contributed by atoms with Crippen LogP contribution in [0.25, 0.3) is 11.4 Å². The summed E-state index contributed by atoms with van der Waals surface area (Å²) in [5.41, 5.74) is 1.36. The lowest BCUT2D eigenvalue weighted by Crippen LogP contribution is -2.14. The number of aryl methyl sites for hydroxylation is 1. The van der Waals surface area contributed by atoms with E-state index in [4.69, 9.17) is 9.68 Å². The Labute approximate surface area is 152 Å². The molecule has 0 aliphatic carbocycles. The van der Waals surface area contributed by atoms with Crippen LogP contribution >= 0.6 is 23.1 Å². The quantitative estimate of drug-likeness (QED) is 0.664. The molecule has 0 spiro atoms. The number of amides is 1. The van der Waals surface area contributed by atoms with E-state index in [1.54, 1.807) is 17.7 Å². The lowest BCUT2D eigenvalue weighted by Gasteiger charge is -2.07. The Balaban J connectivity index is 1.70. The molecule has 0 atom stereocenters. The first kappa shape index (κ1) is 17.3. The van der Waals surface area contributed by atoms with Crippen molar-refractivity contribution in [2.75, 3.05) is 11.1 Å². The Hall–Kier alpha value is -2.57. The molecule has 0 aromatic carbocycles. The minimum atomic E-state index is -0.185. The van der Waals surface area contributed by atoms with E-state index in [1.807, 2.05) is 24.5 Å². The first-order valence-corrected chi connectivity index (χ1v) is 9.38. The Bertz CT molecular complexity index is 935. The van der Waals surface area contributed by atoms with Crippen molar-refractivity contribution in [3.05, 3.63) is 35.1 Å². The number of rotatable bonds is 6. The summed E-state index contributed by atoms with van der Waals surface area (Å²) in [6.07, 6.45) is 1.62. The van der Waals surface area contributed by atoms with Crippen LogP contribution in [0.3, 0.4) is 0 Å². The Kier molecular flexibility index (Phi) is 5.21. The minimum Gasteiger partial charge on any atom is -0.469 e. The van der Waals surface area contributed by atoms with Gasteiger partial charge in [0, 0.05) is 6.54 Å². The standard InChI is InChI=1S/C16H15N5O2S2/c1-3-21-14(12-4-6-23-10(12)2)19-20-16(21)25-9-13(22)18-15-11(8-17)5-7-24-15/h4-7H,3,9H2,1-2H3,(H,18,22). The third kappa shape index (κ3) is 3.60. The lowest BCUT2D eigenvalue weighted by atomic mass is 10.2. The number of thioether (sulfide) groups is 1. The van der Waals surface area contributed by atoms with Gasteiger partial charge in [-0.25, -0.2) is 0 Å². The Morgan fingerprint density at radius 2 is 2.32 bits per heavy atom. The summed E-state index contributed by atoms with van der Waals surface area (Å²) in [6.45, 7) is 4.55. The number of hydrogen-bond donors (Lipinski definition) is 1. The fourth-order valence-corrected chi connectivity index (χ4v) is 3.84. The summed E-state index contributed by atoms with van der Waals surface area (Å²) in [7, 11) is 0. The number of nitrogens with one attached hydrogen (secondary N) is 1. The predicted molar refractivity (Wildman–Crippen MR) is 96.5 cm³/mol. The van der Waals surface area contributed by atoms with Gasteiger partial charge in [0.05, 0.1) is 23.1 Å². The number of carbonyl (C=O) groups is 1. The summed E-state index contributed by atoms with van der Waals surface area (Å²) < 4.78 is 7.28. The third-order valence-corrected chi connectivity index (χ3v) is 5.30. The summed E-state index contributed by atoms with van der Waals surface area (Å²) in [6, 6.07) is 5.59. The van der Waals surface area contributed by atoms with E-state index in [-0.39, 0.29) is 11.7 Å². The number of nitriles is 1. The smallest absolute Gasteiger partial charge is 0.235 e. The van der Waals surface area contributed by atoms with Gasteiger partial charge in [0.25, 0.3) is 0 Å². The molecule has 1 amide bonds. The zero-order valence-electron chi connectivity index (χ0n) is 13.6. The van der Waals surface area contributed by atoms with Crippen LogP contribution in [0.2, 0.25) is 0 Å². The van der Waals surface area contributed by atoms with Gasteiger partial charge in [-0.1, -0.05) is 11.8 Å². The van der Waals surface area contributed by atoms with Gasteiger partial charge >= 0.3 is 0 Å². The van der Waals surface area contributed by atoms with Crippen molar-refractivity contribution in [1.82, 2.24) is 14.8 Å². The largest absolute Gasteiger partial charge is 0.469 e. The molecular weight excluding hydrogens is 358 g/mol. The van der Waals surface area contributed by atoms with E-state index in [0.717, 1.165) is 17.1 Å². The molecule has 0 fully saturated rings. The van der Waals surface area contributed by atoms with Gasteiger partial charge in [-0.15, -0.1) is 21.5 Å². The van der Waals surface area contributed by atoms with Crippen molar-refractivity contribution < 1.29 is 9.21 Å². The molecule has 0 radical (unpaired) electrons. The molecule has 3 aromatic heterocycles. The molecule has 128 valence electrons. The molecule has 0 aliphatic heterocycles. The average Bonchev–Trinajstić information content (AvgIpc) is 3.31. The second kappa shape index (κ2) is 7.55. The van der Waals surface area contributed by atoms with E-state index >= 15 is 0 Å². The first-order chi connectivity index (χ1) is 12.1. The van der Waals surface area contributed by atoms with Gasteiger partial charge in [0.1, 0.15) is 16.8 Å². The van der Waals surface area contributed by atoms with E-state index < -0.39 is 0 Å². The van der Waals surface area contributed by atoms with Crippen molar-refractivity contribution in [3.8, 4) is 17.5 Å². The van der Waals surface area contributed by atoms with E-state index in [1.165, 1.54) is 23.1 Å². The molecule has 9 heteroatoms. The Morgan fingerprint density at radius 3 is 3.00 bits per heavy atom. The highest BCUT2D eigenvalue weighted by molar-refractivity contribution is 7.99. The number of thiophene rings is 1. The van der Waals surface area contributed by atoms with Crippen LogP contribution in [0.15, 0.2) is 33.3 Å². The van der Waals surface area contributed by atoms with E-state index in [0.29, 0.717) is 22.3 Å².